The summed E-state index contributed by atoms with van der Waals surface area (Å²) in [5.74, 6) is 0.0201. The minimum absolute atomic E-state index is 0.0201. The molecule has 0 aliphatic heterocycles. The Hall–Kier alpha value is -2.11. The Bertz CT molecular complexity index is 947. The van der Waals surface area contributed by atoms with Gasteiger partial charge in [0.15, 0.2) is 0 Å². The first kappa shape index (κ1) is 17.7. The molecule has 6 heteroatoms. The van der Waals surface area contributed by atoms with Crippen molar-refractivity contribution in [2.75, 3.05) is 0 Å². The second-order valence-electron chi connectivity index (χ2n) is 6.45. The highest BCUT2D eigenvalue weighted by Crippen LogP contribution is 2.27. The summed E-state index contributed by atoms with van der Waals surface area (Å²) in [6, 6.07) is 11.5. The molecule has 2 aromatic heterocycles. The molecule has 2 atom stereocenters. The van der Waals surface area contributed by atoms with E-state index in [-0.39, 0.29) is 11.6 Å². The van der Waals surface area contributed by atoms with Gasteiger partial charge in [0.2, 0.25) is 0 Å². The minimum atomic E-state index is -0.752. The smallest absolute Gasteiger partial charge is 0.349 e. The van der Waals surface area contributed by atoms with Gasteiger partial charge in [-0.3, -0.25) is 4.57 Å². The van der Waals surface area contributed by atoms with E-state index in [9.17, 15) is 9.90 Å². The van der Waals surface area contributed by atoms with E-state index in [0.29, 0.717) is 28.5 Å². The molecule has 3 rings (SSSR count). The Balaban J connectivity index is 2.24. The summed E-state index contributed by atoms with van der Waals surface area (Å²) in [5, 5.41) is 15.5. The first-order chi connectivity index (χ1) is 11.9. The highest BCUT2D eigenvalue weighted by molar-refractivity contribution is 6.34. The maximum Gasteiger partial charge on any atom is 0.349 e. The van der Waals surface area contributed by atoms with Gasteiger partial charge in [-0.15, -0.1) is 0 Å². The van der Waals surface area contributed by atoms with Crippen molar-refractivity contribution in [2.45, 2.75) is 39.8 Å². The zero-order valence-electron chi connectivity index (χ0n) is 14.6. The fourth-order valence-corrected chi connectivity index (χ4v) is 3.10. The molecule has 0 unspecified atom stereocenters. The number of aliphatic hydroxyl groups is 1. The highest BCUT2D eigenvalue weighted by atomic mass is 35.5. The maximum atomic E-state index is 13.0. The van der Waals surface area contributed by atoms with E-state index >= 15 is 0 Å². The lowest BCUT2D eigenvalue weighted by Crippen LogP contribution is -2.32. The number of aromatic nitrogens is 3. The maximum absolute atomic E-state index is 13.0. The van der Waals surface area contributed by atoms with E-state index in [0.717, 1.165) is 12.0 Å². The van der Waals surface area contributed by atoms with Crippen LogP contribution in [0, 0.1) is 12.8 Å². The van der Waals surface area contributed by atoms with Crippen LogP contribution < -0.4 is 5.69 Å². The van der Waals surface area contributed by atoms with Crippen LogP contribution in [0.4, 0.5) is 0 Å². The quantitative estimate of drug-likeness (QED) is 0.757. The van der Waals surface area contributed by atoms with Gasteiger partial charge in [0.1, 0.15) is 0 Å². The molecule has 1 aromatic carbocycles. The molecule has 0 aliphatic rings. The van der Waals surface area contributed by atoms with E-state index in [1.807, 2.05) is 44.2 Å². The first-order valence-corrected chi connectivity index (χ1v) is 8.82. The molecular weight excluding hydrogens is 338 g/mol. The number of nitrogens with zero attached hydrogens (tertiary/aromatic N) is 3. The van der Waals surface area contributed by atoms with E-state index in [4.69, 9.17) is 11.6 Å². The lowest BCUT2D eigenvalue weighted by atomic mass is 9.98. The molecule has 0 saturated carbocycles. The molecule has 0 spiro atoms. The van der Waals surface area contributed by atoms with Crippen LogP contribution in [0.3, 0.4) is 0 Å². The molecule has 0 bridgehead atoms. The number of aliphatic hydroxyl groups excluding tert-OH is 1. The Morgan fingerprint density at radius 3 is 2.60 bits per heavy atom. The van der Waals surface area contributed by atoms with Crippen molar-refractivity contribution in [3.63, 3.8) is 0 Å². The molecular formula is C19H22ClN3O2. The number of rotatable bonds is 5. The summed E-state index contributed by atoms with van der Waals surface area (Å²) >= 11 is 6.30. The fraction of sp³-hybridized carbons (Fsp3) is 0.368. The number of fused-ring (bicyclic) bond motifs is 1. The van der Waals surface area contributed by atoms with Crippen molar-refractivity contribution in [3.8, 4) is 0 Å². The van der Waals surface area contributed by atoms with Gasteiger partial charge in [-0.1, -0.05) is 62.2 Å². The zero-order valence-corrected chi connectivity index (χ0v) is 15.4. The van der Waals surface area contributed by atoms with Gasteiger partial charge >= 0.3 is 5.69 Å². The van der Waals surface area contributed by atoms with Gasteiger partial charge in [0.05, 0.1) is 34.6 Å². The predicted molar refractivity (Wildman–Crippen MR) is 99.2 cm³/mol. The highest BCUT2D eigenvalue weighted by Gasteiger charge is 2.23. The minimum Gasteiger partial charge on any atom is -0.387 e. The third kappa shape index (κ3) is 3.22. The second kappa shape index (κ2) is 7.02. The van der Waals surface area contributed by atoms with Crippen molar-refractivity contribution >= 4 is 17.1 Å². The Labute approximate surface area is 151 Å². The number of hydrogen-bond acceptors (Lipinski definition) is 3. The Morgan fingerprint density at radius 1 is 1.28 bits per heavy atom. The van der Waals surface area contributed by atoms with Crippen molar-refractivity contribution in [1.82, 2.24) is 14.2 Å². The second-order valence-corrected chi connectivity index (χ2v) is 6.83. The van der Waals surface area contributed by atoms with Gasteiger partial charge < -0.3 is 5.11 Å². The summed E-state index contributed by atoms with van der Waals surface area (Å²) in [6.07, 6.45) is 0.0513. The van der Waals surface area contributed by atoms with Crippen LogP contribution in [-0.4, -0.2) is 19.3 Å². The average molecular weight is 360 g/mol. The third-order valence-corrected chi connectivity index (χ3v) is 5.17. The molecule has 0 amide bonds. The van der Waals surface area contributed by atoms with Gasteiger partial charge in [0.25, 0.3) is 0 Å². The average Bonchev–Trinajstić information content (AvgIpc) is 2.92. The lowest BCUT2D eigenvalue weighted by molar-refractivity contribution is 0.106. The van der Waals surface area contributed by atoms with E-state index in [2.05, 4.69) is 5.10 Å². The molecule has 25 heavy (non-hydrogen) atoms. The first-order valence-electron chi connectivity index (χ1n) is 8.44. The van der Waals surface area contributed by atoms with Gasteiger partial charge in [-0.25, -0.2) is 4.79 Å². The molecule has 5 nitrogen and oxygen atoms in total. The van der Waals surface area contributed by atoms with Crippen LogP contribution in [0.5, 0.6) is 0 Å². The number of halogens is 1. The van der Waals surface area contributed by atoms with Crippen LogP contribution >= 0.6 is 11.6 Å². The SMILES string of the molecule is CC[C@H](C)[C@H](O)c1cc2c(Cl)c(C)nn2c(=O)n1Cc1ccccc1. The van der Waals surface area contributed by atoms with Gasteiger partial charge in [-0.2, -0.15) is 9.61 Å². The van der Waals surface area contributed by atoms with Crippen LogP contribution in [0.25, 0.3) is 5.52 Å². The fourth-order valence-electron chi connectivity index (χ4n) is 2.92. The Kier molecular flexibility index (Phi) is 4.97. The zero-order chi connectivity index (χ0) is 18.1. The molecule has 0 saturated heterocycles. The van der Waals surface area contributed by atoms with E-state index < -0.39 is 6.10 Å². The van der Waals surface area contributed by atoms with Gasteiger partial charge in [0, 0.05) is 0 Å². The van der Waals surface area contributed by atoms with E-state index in [1.54, 1.807) is 17.6 Å². The van der Waals surface area contributed by atoms with Crippen LogP contribution in [0.1, 0.15) is 43.3 Å². The molecule has 0 aliphatic carbocycles. The molecule has 0 fully saturated rings. The van der Waals surface area contributed by atoms with Crippen LogP contribution in [-0.2, 0) is 6.54 Å². The van der Waals surface area contributed by atoms with Crippen LogP contribution in [0.2, 0.25) is 5.02 Å². The monoisotopic (exact) mass is 359 g/mol. The van der Waals surface area contributed by atoms with Crippen LogP contribution in [0.15, 0.2) is 41.2 Å². The molecule has 0 radical (unpaired) electrons. The lowest BCUT2D eigenvalue weighted by Gasteiger charge is -2.22. The number of hydrogen-bond donors (Lipinski definition) is 1. The standard InChI is InChI=1S/C19H22ClN3O2/c1-4-12(2)18(24)16-10-15-17(20)13(3)21-23(15)19(25)22(16)11-14-8-6-5-7-9-14/h5-10,12,18,24H,4,11H2,1-3H3/t12-,18-/m0/s1. The summed E-state index contributed by atoms with van der Waals surface area (Å²) in [7, 11) is 0. The normalized spacial score (nSPS) is 14.0. The van der Waals surface area contributed by atoms with Crippen molar-refractivity contribution in [3.05, 3.63) is 68.9 Å². The van der Waals surface area contributed by atoms with Crippen molar-refractivity contribution in [1.29, 1.82) is 0 Å². The summed E-state index contributed by atoms with van der Waals surface area (Å²) in [4.78, 5) is 13.0. The number of aryl methyl sites for hydroxylation is 1. The summed E-state index contributed by atoms with van der Waals surface area (Å²) < 4.78 is 2.90. The molecule has 3 aromatic rings. The summed E-state index contributed by atoms with van der Waals surface area (Å²) in [6.45, 7) is 6.12. The van der Waals surface area contributed by atoms with Crippen molar-refractivity contribution < 1.29 is 5.11 Å². The molecule has 132 valence electrons. The largest absolute Gasteiger partial charge is 0.387 e. The Morgan fingerprint density at radius 2 is 1.96 bits per heavy atom. The molecule has 1 N–H and O–H groups in total. The molecule has 2 heterocycles. The van der Waals surface area contributed by atoms with Crippen molar-refractivity contribution in [2.24, 2.45) is 5.92 Å². The third-order valence-electron chi connectivity index (χ3n) is 4.70. The van der Waals surface area contributed by atoms with E-state index in [1.165, 1.54) is 4.52 Å². The topological polar surface area (TPSA) is 59.5 Å². The number of benzene rings is 1. The summed E-state index contributed by atoms with van der Waals surface area (Å²) in [5.41, 5.74) is 2.38. The predicted octanol–water partition coefficient (Wildman–Crippen LogP) is 3.59. The van der Waals surface area contributed by atoms with Gasteiger partial charge in [-0.05, 0) is 24.5 Å².